The summed E-state index contributed by atoms with van der Waals surface area (Å²) in [6, 6.07) is 15.1. The lowest BCUT2D eigenvalue weighted by Crippen LogP contribution is -2.15. The van der Waals surface area contributed by atoms with Crippen LogP contribution in [0.15, 0.2) is 54.7 Å². The van der Waals surface area contributed by atoms with E-state index in [9.17, 15) is 4.79 Å². The van der Waals surface area contributed by atoms with Crippen LogP contribution >= 0.6 is 0 Å². The molecule has 1 aliphatic rings. The van der Waals surface area contributed by atoms with E-state index in [4.69, 9.17) is 9.47 Å². The molecule has 2 N–H and O–H groups in total. The van der Waals surface area contributed by atoms with Gasteiger partial charge in [-0.1, -0.05) is 17.7 Å². The fourth-order valence-corrected chi connectivity index (χ4v) is 3.06. The molecular formula is C22H21N3O3. The molecule has 6 nitrogen and oxygen atoms in total. The number of carbonyl (C=O) groups excluding carboxylic acids is 1. The maximum absolute atomic E-state index is 12.6. The van der Waals surface area contributed by atoms with Gasteiger partial charge in [-0.25, -0.2) is 0 Å². The molecule has 1 aliphatic heterocycles. The smallest absolute Gasteiger partial charge is 0.274 e. The van der Waals surface area contributed by atoms with Crippen LogP contribution in [0.1, 0.15) is 21.6 Å². The number of fused-ring (bicyclic) bond motifs is 1. The third-order valence-corrected chi connectivity index (χ3v) is 4.45. The van der Waals surface area contributed by atoms with Crippen LogP contribution in [0, 0.1) is 13.8 Å². The van der Waals surface area contributed by atoms with Gasteiger partial charge in [0.25, 0.3) is 5.91 Å². The van der Waals surface area contributed by atoms with Gasteiger partial charge < -0.3 is 20.1 Å². The number of ether oxygens (including phenoxy) is 2. The van der Waals surface area contributed by atoms with Gasteiger partial charge >= 0.3 is 0 Å². The molecule has 142 valence electrons. The number of benzene rings is 2. The highest BCUT2D eigenvalue weighted by atomic mass is 16.6. The first-order chi connectivity index (χ1) is 13.6. The largest absolute Gasteiger partial charge is 0.486 e. The van der Waals surface area contributed by atoms with Gasteiger partial charge in [-0.2, -0.15) is 0 Å². The Labute approximate surface area is 163 Å². The molecule has 4 rings (SSSR count). The molecule has 3 aromatic rings. The summed E-state index contributed by atoms with van der Waals surface area (Å²) in [6.45, 7) is 5.08. The average Bonchev–Trinajstić information content (AvgIpc) is 2.70. The molecule has 0 aliphatic carbocycles. The first-order valence-corrected chi connectivity index (χ1v) is 9.10. The predicted octanol–water partition coefficient (Wildman–Crippen LogP) is 4.47. The second kappa shape index (κ2) is 7.60. The van der Waals surface area contributed by atoms with E-state index in [-0.39, 0.29) is 5.91 Å². The second-order valence-electron chi connectivity index (χ2n) is 6.69. The topological polar surface area (TPSA) is 72.5 Å². The molecule has 0 saturated heterocycles. The fourth-order valence-electron chi connectivity index (χ4n) is 3.06. The summed E-state index contributed by atoms with van der Waals surface area (Å²) >= 11 is 0. The molecule has 0 spiro atoms. The fraction of sp³-hybridized carbons (Fsp3) is 0.182. The highest BCUT2D eigenvalue weighted by Gasteiger charge is 2.13. The lowest BCUT2D eigenvalue weighted by molar-refractivity contribution is 0.102. The third-order valence-electron chi connectivity index (χ3n) is 4.45. The zero-order valence-corrected chi connectivity index (χ0v) is 15.8. The number of aromatic nitrogens is 1. The van der Waals surface area contributed by atoms with Crippen LogP contribution in [-0.4, -0.2) is 24.1 Å². The van der Waals surface area contributed by atoms with Gasteiger partial charge in [-0.05, 0) is 49.7 Å². The summed E-state index contributed by atoms with van der Waals surface area (Å²) in [5, 5.41) is 6.20. The molecule has 0 radical (unpaired) electrons. The predicted molar refractivity (Wildman–Crippen MR) is 109 cm³/mol. The number of anilines is 3. The van der Waals surface area contributed by atoms with Gasteiger partial charge in [-0.15, -0.1) is 0 Å². The van der Waals surface area contributed by atoms with Crippen LogP contribution in [0.2, 0.25) is 0 Å². The monoisotopic (exact) mass is 375 g/mol. The van der Waals surface area contributed by atoms with E-state index >= 15 is 0 Å². The van der Waals surface area contributed by atoms with Gasteiger partial charge in [0.15, 0.2) is 11.5 Å². The quantitative estimate of drug-likeness (QED) is 0.704. The number of amides is 1. The molecule has 0 fully saturated rings. The summed E-state index contributed by atoms with van der Waals surface area (Å²) in [5.74, 6) is 1.19. The Balaban J connectivity index is 1.50. The van der Waals surface area contributed by atoms with Crippen LogP contribution in [0.3, 0.4) is 0 Å². The lowest BCUT2D eigenvalue weighted by Gasteiger charge is -2.19. The van der Waals surface area contributed by atoms with E-state index < -0.39 is 0 Å². The first kappa shape index (κ1) is 17.9. The number of aryl methyl sites for hydroxylation is 2. The van der Waals surface area contributed by atoms with E-state index in [0.29, 0.717) is 24.7 Å². The highest BCUT2D eigenvalue weighted by Crippen LogP contribution is 2.33. The van der Waals surface area contributed by atoms with Crippen molar-refractivity contribution in [3.05, 3.63) is 71.5 Å². The molecule has 2 heterocycles. The van der Waals surface area contributed by atoms with Crippen molar-refractivity contribution in [1.29, 1.82) is 0 Å². The minimum absolute atomic E-state index is 0.252. The average molecular weight is 375 g/mol. The Kier molecular flexibility index (Phi) is 4.85. The molecule has 28 heavy (non-hydrogen) atoms. The molecule has 0 atom stereocenters. The number of carbonyl (C=O) groups is 1. The third kappa shape index (κ3) is 3.91. The van der Waals surface area contributed by atoms with Crippen molar-refractivity contribution >= 4 is 23.0 Å². The molecule has 0 bridgehead atoms. The van der Waals surface area contributed by atoms with Gasteiger partial charge in [0.2, 0.25) is 0 Å². The SMILES string of the molecule is Cc1ccc(NC(=O)c2cc(Nc3ccc4c(c3)OCCO4)ccn2)c(C)c1. The highest BCUT2D eigenvalue weighted by molar-refractivity contribution is 6.03. The lowest BCUT2D eigenvalue weighted by atomic mass is 10.1. The molecule has 1 aromatic heterocycles. The van der Waals surface area contributed by atoms with Crippen LogP contribution in [0.4, 0.5) is 17.1 Å². The van der Waals surface area contributed by atoms with Crippen molar-refractivity contribution in [1.82, 2.24) is 4.98 Å². The summed E-state index contributed by atoms with van der Waals surface area (Å²) in [6.07, 6.45) is 1.61. The standard InChI is InChI=1S/C22H21N3O3/c1-14-3-5-18(15(2)11-14)25-22(26)19-12-17(7-8-23-19)24-16-4-6-20-21(13-16)28-10-9-27-20/h3-8,11-13H,9-10H2,1-2H3,(H,23,24)(H,25,26). The van der Waals surface area contributed by atoms with Gasteiger partial charge in [-0.3, -0.25) is 9.78 Å². The summed E-state index contributed by atoms with van der Waals surface area (Å²) in [4.78, 5) is 16.8. The Bertz CT molecular complexity index is 1030. The molecule has 0 unspecified atom stereocenters. The van der Waals surface area contributed by atoms with Crippen LogP contribution < -0.4 is 20.1 Å². The van der Waals surface area contributed by atoms with E-state index in [1.165, 1.54) is 0 Å². The van der Waals surface area contributed by atoms with Crippen molar-refractivity contribution in [2.24, 2.45) is 0 Å². The number of pyridine rings is 1. The van der Waals surface area contributed by atoms with Gasteiger partial charge in [0.1, 0.15) is 18.9 Å². The molecular weight excluding hydrogens is 354 g/mol. The number of nitrogens with zero attached hydrogens (tertiary/aromatic N) is 1. The summed E-state index contributed by atoms with van der Waals surface area (Å²) in [7, 11) is 0. The van der Waals surface area contributed by atoms with E-state index in [1.54, 1.807) is 12.3 Å². The number of nitrogens with one attached hydrogen (secondary N) is 2. The Morgan fingerprint density at radius 1 is 0.929 bits per heavy atom. The summed E-state index contributed by atoms with van der Waals surface area (Å²) < 4.78 is 11.1. The van der Waals surface area contributed by atoms with Crippen molar-refractivity contribution in [3.63, 3.8) is 0 Å². The Morgan fingerprint density at radius 2 is 1.71 bits per heavy atom. The number of hydrogen-bond acceptors (Lipinski definition) is 5. The van der Waals surface area contributed by atoms with Crippen molar-refractivity contribution in [2.75, 3.05) is 23.8 Å². The zero-order valence-electron chi connectivity index (χ0n) is 15.8. The van der Waals surface area contributed by atoms with Crippen LogP contribution in [-0.2, 0) is 0 Å². The van der Waals surface area contributed by atoms with E-state index in [2.05, 4.69) is 15.6 Å². The van der Waals surface area contributed by atoms with E-state index in [0.717, 1.165) is 33.9 Å². The molecule has 6 heteroatoms. The number of hydrogen-bond donors (Lipinski definition) is 2. The van der Waals surface area contributed by atoms with E-state index in [1.807, 2.05) is 56.3 Å². The van der Waals surface area contributed by atoms with Crippen molar-refractivity contribution in [3.8, 4) is 11.5 Å². The van der Waals surface area contributed by atoms with Crippen LogP contribution in [0.5, 0.6) is 11.5 Å². The second-order valence-corrected chi connectivity index (χ2v) is 6.69. The van der Waals surface area contributed by atoms with Gasteiger partial charge in [0, 0.05) is 29.3 Å². The number of rotatable bonds is 4. The Morgan fingerprint density at radius 3 is 2.54 bits per heavy atom. The molecule has 0 saturated carbocycles. The Hall–Kier alpha value is -3.54. The normalized spacial score (nSPS) is 12.4. The maximum Gasteiger partial charge on any atom is 0.274 e. The zero-order chi connectivity index (χ0) is 19.5. The minimum atomic E-state index is -0.252. The van der Waals surface area contributed by atoms with Gasteiger partial charge in [0.05, 0.1) is 0 Å². The summed E-state index contributed by atoms with van der Waals surface area (Å²) in [5.41, 5.74) is 4.89. The van der Waals surface area contributed by atoms with Crippen molar-refractivity contribution < 1.29 is 14.3 Å². The maximum atomic E-state index is 12.6. The molecule has 2 aromatic carbocycles. The van der Waals surface area contributed by atoms with Crippen LogP contribution in [0.25, 0.3) is 0 Å². The molecule has 1 amide bonds. The minimum Gasteiger partial charge on any atom is -0.486 e. The van der Waals surface area contributed by atoms with Crippen molar-refractivity contribution in [2.45, 2.75) is 13.8 Å². The first-order valence-electron chi connectivity index (χ1n) is 9.10.